The summed E-state index contributed by atoms with van der Waals surface area (Å²) in [5.41, 5.74) is 2.59. The van der Waals surface area contributed by atoms with Gasteiger partial charge in [-0.3, -0.25) is 4.84 Å². The zero-order valence-electron chi connectivity index (χ0n) is 12.3. The first-order valence-electron chi connectivity index (χ1n) is 6.41. The van der Waals surface area contributed by atoms with Gasteiger partial charge in [0.15, 0.2) is 6.61 Å². The van der Waals surface area contributed by atoms with Crippen molar-refractivity contribution in [1.29, 1.82) is 0 Å². The molecule has 0 saturated heterocycles. The Morgan fingerprint density at radius 2 is 1.81 bits per heavy atom. The monoisotopic (exact) mass is 296 g/mol. The third-order valence-corrected chi connectivity index (χ3v) is 2.16. The van der Waals surface area contributed by atoms with Crippen LogP contribution in [0.4, 0.5) is 4.79 Å². The number of hydroxylamine groups is 1. The second kappa shape index (κ2) is 7.49. The van der Waals surface area contributed by atoms with Crippen LogP contribution in [0.1, 0.15) is 26.3 Å². The molecule has 0 aliphatic carbocycles. The molecule has 0 aliphatic heterocycles. The molecular weight excluding hydrogens is 276 g/mol. The fraction of sp³-hybridized carbons (Fsp3) is 0.429. The standard InChI is InChI=1S/C14H20N2O5/c1-14(2,3)21-11-6-4-10(5-7-11)8-15-13(19)16-20-9-12(17)18/h4-7H,8-9H2,1-3H3,(H,17,18)(H2,15,16,19). The van der Waals surface area contributed by atoms with Crippen LogP contribution in [0.3, 0.4) is 0 Å². The summed E-state index contributed by atoms with van der Waals surface area (Å²) < 4.78 is 5.68. The van der Waals surface area contributed by atoms with Crippen LogP contribution >= 0.6 is 0 Å². The quantitative estimate of drug-likeness (QED) is 0.694. The molecule has 1 rings (SSSR count). The number of hydrogen-bond donors (Lipinski definition) is 3. The van der Waals surface area contributed by atoms with Crippen LogP contribution < -0.4 is 15.5 Å². The van der Waals surface area contributed by atoms with Gasteiger partial charge in [-0.2, -0.15) is 0 Å². The number of rotatable bonds is 6. The first-order chi connectivity index (χ1) is 9.76. The van der Waals surface area contributed by atoms with Gasteiger partial charge in [-0.05, 0) is 38.5 Å². The van der Waals surface area contributed by atoms with Crippen molar-refractivity contribution in [3.63, 3.8) is 0 Å². The number of carbonyl (C=O) groups excluding carboxylic acids is 1. The number of ether oxygens (including phenoxy) is 1. The minimum atomic E-state index is -1.16. The van der Waals surface area contributed by atoms with Crippen molar-refractivity contribution < 1.29 is 24.3 Å². The fourth-order valence-corrected chi connectivity index (χ4v) is 1.41. The average Bonchev–Trinajstić information content (AvgIpc) is 2.35. The molecule has 0 fully saturated rings. The van der Waals surface area contributed by atoms with Gasteiger partial charge in [0.05, 0.1) is 0 Å². The SMILES string of the molecule is CC(C)(C)Oc1ccc(CNC(=O)NOCC(=O)O)cc1. The zero-order valence-corrected chi connectivity index (χ0v) is 12.3. The number of nitrogens with one attached hydrogen (secondary N) is 2. The number of amides is 2. The molecule has 0 heterocycles. The van der Waals surface area contributed by atoms with Gasteiger partial charge in [0.25, 0.3) is 0 Å². The summed E-state index contributed by atoms with van der Waals surface area (Å²) in [6, 6.07) is 6.70. The Morgan fingerprint density at radius 1 is 1.19 bits per heavy atom. The Hall–Kier alpha value is -2.28. The van der Waals surface area contributed by atoms with Gasteiger partial charge < -0.3 is 15.2 Å². The molecule has 0 unspecified atom stereocenters. The number of aliphatic carboxylic acids is 1. The summed E-state index contributed by atoms with van der Waals surface area (Å²) in [7, 11) is 0. The molecule has 0 aliphatic rings. The van der Waals surface area contributed by atoms with E-state index in [2.05, 4.69) is 10.2 Å². The Morgan fingerprint density at radius 3 is 2.33 bits per heavy atom. The number of carbonyl (C=O) groups is 2. The van der Waals surface area contributed by atoms with Crippen molar-refractivity contribution >= 4 is 12.0 Å². The van der Waals surface area contributed by atoms with Gasteiger partial charge in [-0.15, -0.1) is 0 Å². The highest BCUT2D eigenvalue weighted by Crippen LogP contribution is 2.18. The highest BCUT2D eigenvalue weighted by molar-refractivity contribution is 5.73. The molecule has 21 heavy (non-hydrogen) atoms. The molecule has 7 nitrogen and oxygen atoms in total. The highest BCUT2D eigenvalue weighted by Gasteiger charge is 2.11. The maximum absolute atomic E-state index is 11.3. The van der Waals surface area contributed by atoms with Crippen molar-refractivity contribution in [3.05, 3.63) is 29.8 Å². The van der Waals surface area contributed by atoms with Gasteiger partial charge >= 0.3 is 12.0 Å². The fourth-order valence-electron chi connectivity index (χ4n) is 1.41. The lowest BCUT2D eigenvalue weighted by molar-refractivity contribution is -0.144. The Kier molecular flexibility index (Phi) is 5.98. The largest absolute Gasteiger partial charge is 0.488 e. The van der Waals surface area contributed by atoms with E-state index in [9.17, 15) is 9.59 Å². The first kappa shape index (κ1) is 16.8. The molecule has 0 atom stereocenters. The third kappa shape index (κ3) is 7.78. The lowest BCUT2D eigenvalue weighted by Gasteiger charge is -2.21. The third-order valence-electron chi connectivity index (χ3n) is 2.16. The number of hydrogen-bond acceptors (Lipinski definition) is 4. The van der Waals surface area contributed by atoms with Crippen LogP contribution in [0.25, 0.3) is 0 Å². The number of urea groups is 1. The number of carboxylic acid groups (broad SMARTS) is 1. The van der Waals surface area contributed by atoms with Gasteiger partial charge in [0.1, 0.15) is 11.4 Å². The first-order valence-corrected chi connectivity index (χ1v) is 6.41. The summed E-state index contributed by atoms with van der Waals surface area (Å²) in [5.74, 6) is -0.412. The maximum Gasteiger partial charge on any atom is 0.338 e. The zero-order chi connectivity index (χ0) is 15.9. The molecule has 3 N–H and O–H groups in total. The maximum atomic E-state index is 11.3. The van der Waals surface area contributed by atoms with E-state index in [4.69, 9.17) is 9.84 Å². The smallest absolute Gasteiger partial charge is 0.338 e. The van der Waals surface area contributed by atoms with Crippen molar-refractivity contribution in [1.82, 2.24) is 10.8 Å². The van der Waals surface area contributed by atoms with E-state index in [1.54, 1.807) is 0 Å². The van der Waals surface area contributed by atoms with Crippen LogP contribution in [-0.2, 0) is 16.2 Å². The van der Waals surface area contributed by atoms with Crippen LogP contribution in [0.2, 0.25) is 0 Å². The normalized spacial score (nSPS) is 10.8. The molecule has 116 valence electrons. The summed E-state index contributed by atoms with van der Waals surface area (Å²) in [4.78, 5) is 25.9. The molecule has 0 saturated carbocycles. The van der Waals surface area contributed by atoms with E-state index >= 15 is 0 Å². The minimum absolute atomic E-state index is 0.263. The lowest BCUT2D eigenvalue weighted by Crippen LogP contribution is -2.36. The van der Waals surface area contributed by atoms with Crippen LogP contribution in [0, 0.1) is 0 Å². The van der Waals surface area contributed by atoms with Gasteiger partial charge in [-0.1, -0.05) is 12.1 Å². The molecule has 7 heteroatoms. The molecular formula is C14H20N2O5. The predicted octanol–water partition coefficient (Wildman–Crippen LogP) is 1.68. The lowest BCUT2D eigenvalue weighted by atomic mass is 10.1. The van der Waals surface area contributed by atoms with Crippen LogP contribution in [-0.4, -0.2) is 29.3 Å². The van der Waals surface area contributed by atoms with E-state index in [1.165, 1.54) is 0 Å². The van der Waals surface area contributed by atoms with Gasteiger partial charge in [0, 0.05) is 6.54 Å². The molecule has 0 bridgehead atoms. The molecule has 2 amide bonds. The highest BCUT2D eigenvalue weighted by atomic mass is 16.7. The molecule has 1 aromatic carbocycles. The average molecular weight is 296 g/mol. The van der Waals surface area contributed by atoms with Crippen molar-refractivity contribution in [2.24, 2.45) is 0 Å². The van der Waals surface area contributed by atoms with Crippen molar-refractivity contribution in [2.45, 2.75) is 32.9 Å². The summed E-state index contributed by atoms with van der Waals surface area (Å²) in [6.45, 7) is 5.59. The van der Waals surface area contributed by atoms with E-state index < -0.39 is 18.6 Å². The number of carboxylic acids is 1. The van der Waals surface area contributed by atoms with E-state index in [0.717, 1.165) is 11.3 Å². The Bertz CT molecular complexity index is 479. The van der Waals surface area contributed by atoms with E-state index in [-0.39, 0.29) is 12.1 Å². The van der Waals surface area contributed by atoms with Gasteiger partial charge in [0.2, 0.25) is 0 Å². The predicted molar refractivity (Wildman–Crippen MR) is 75.8 cm³/mol. The topological polar surface area (TPSA) is 96.9 Å². The number of benzene rings is 1. The van der Waals surface area contributed by atoms with E-state index in [0.29, 0.717) is 0 Å². The minimum Gasteiger partial charge on any atom is -0.488 e. The van der Waals surface area contributed by atoms with Crippen molar-refractivity contribution in [2.75, 3.05) is 6.61 Å². The van der Waals surface area contributed by atoms with Crippen LogP contribution in [0.15, 0.2) is 24.3 Å². The Balaban J connectivity index is 2.35. The van der Waals surface area contributed by atoms with Gasteiger partial charge in [-0.25, -0.2) is 15.1 Å². The van der Waals surface area contributed by atoms with E-state index in [1.807, 2.05) is 50.5 Å². The Labute approximate surface area is 123 Å². The molecule has 1 aromatic rings. The molecule has 0 spiro atoms. The molecule has 0 radical (unpaired) electrons. The second-order valence-electron chi connectivity index (χ2n) is 5.33. The van der Waals surface area contributed by atoms with Crippen LogP contribution in [0.5, 0.6) is 5.75 Å². The second-order valence-corrected chi connectivity index (χ2v) is 5.33. The summed E-state index contributed by atoms with van der Waals surface area (Å²) in [6.07, 6.45) is 0. The summed E-state index contributed by atoms with van der Waals surface area (Å²) in [5, 5.41) is 10.9. The molecule has 0 aromatic heterocycles. The van der Waals surface area contributed by atoms with Crippen molar-refractivity contribution in [3.8, 4) is 5.75 Å². The summed E-state index contributed by atoms with van der Waals surface area (Å²) >= 11 is 0.